The minimum Gasteiger partial charge on any atom is -0.491 e. The van der Waals surface area contributed by atoms with E-state index in [0.29, 0.717) is 19.4 Å². The second-order valence-corrected chi connectivity index (χ2v) is 5.25. The summed E-state index contributed by atoms with van der Waals surface area (Å²) >= 11 is 0. The number of aryl methyl sites for hydroxylation is 1. The van der Waals surface area contributed by atoms with Crippen molar-refractivity contribution < 1.29 is 14.9 Å². The van der Waals surface area contributed by atoms with E-state index >= 15 is 0 Å². The summed E-state index contributed by atoms with van der Waals surface area (Å²) in [5.41, 5.74) is 0.458. The maximum absolute atomic E-state index is 10.1. The fourth-order valence-corrected chi connectivity index (χ4v) is 1.80. The molecule has 2 N–H and O–H groups in total. The summed E-state index contributed by atoms with van der Waals surface area (Å²) < 4.78 is 5.63. The Morgan fingerprint density at radius 3 is 2.21 bits per heavy atom. The molecule has 0 saturated carbocycles. The molecule has 0 radical (unpaired) electrons. The van der Waals surface area contributed by atoms with E-state index in [1.807, 2.05) is 38.1 Å². The normalized spacial score (nSPS) is 13.3. The summed E-state index contributed by atoms with van der Waals surface area (Å²) in [6, 6.07) is 7.86. The van der Waals surface area contributed by atoms with Gasteiger partial charge in [0.15, 0.2) is 0 Å². The standard InChI is InChI=1S/C16H26O3/c1-4-16(18,5-2)12-19-15-10-8-14(9-11-15)7-6-13(3)17/h8-11,13,17-18H,4-7,12H2,1-3H3. The number of aliphatic hydroxyl groups is 2. The molecule has 1 aromatic carbocycles. The first-order chi connectivity index (χ1) is 8.99. The van der Waals surface area contributed by atoms with Gasteiger partial charge in [-0.2, -0.15) is 0 Å². The smallest absolute Gasteiger partial charge is 0.119 e. The minimum atomic E-state index is -0.731. The first-order valence-corrected chi connectivity index (χ1v) is 7.11. The summed E-state index contributed by atoms with van der Waals surface area (Å²) in [7, 11) is 0. The van der Waals surface area contributed by atoms with Crippen LogP contribution in [0, 0.1) is 0 Å². The van der Waals surface area contributed by atoms with Crippen LogP contribution in [0.2, 0.25) is 0 Å². The number of benzene rings is 1. The zero-order chi connectivity index (χ0) is 14.3. The zero-order valence-corrected chi connectivity index (χ0v) is 12.2. The van der Waals surface area contributed by atoms with Gasteiger partial charge in [-0.3, -0.25) is 0 Å². The van der Waals surface area contributed by atoms with Gasteiger partial charge in [0, 0.05) is 0 Å². The monoisotopic (exact) mass is 266 g/mol. The molecule has 108 valence electrons. The van der Waals surface area contributed by atoms with Gasteiger partial charge in [-0.15, -0.1) is 0 Å². The van der Waals surface area contributed by atoms with Gasteiger partial charge in [-0.05, 0) is 50.3 Å². The van der Waals surface area contributed by atoms with E-state index in [0.717, 1.165) is 18.6 Å². The second kappa shape index (κ2) is 7.51. The predicted molar refractivity (Wildman–Crippen MR) is 77.5 cm³/mol. The van der Waals surface area contributed by atoms with Crippen LogP contribution in [0.4, 0.5) is 0 Å². The molecule has 3 heteroatoms. The molecule has 3 nitrogen and oxygen atoms in total. The molecule has 0 fully saturated rings. The third-order valence-electron chi connectivity index (χ3n) is 3.60. The Bertz CT molecular complexity index is 353. The Balaban J connectivity index is 2.48. The molecule has 1 atom stereocenters. The average Bonchev–Trinajstić information content (AvgIpc) is 2.43. The number of ether oxygens (including phenoxy) is 1. The molecule has 0 bridgehead atoms. The summed E-state index contributed by atoms with van der Waals surface area (Å²) in [6.45, 7) is 6.05. The first kappa shape index (κ1) is 16.0. The van der Waals surface area contributed by atoms with E-state index < -0.39 is 5.60 Å². The maximum atomic E-state index is 10.1. The van der Waals surface area contributed by atoms with Crippen molar-refractivity contribution in [1.29, 1.82) is 0 Å². The highest BCUT2D eigenvalue weighted by atomic mass is 16.5. The molecular formula is C16H26O3. The van der Waals surface area contributed by atoms with Crippen LogP contribution >= 0.6 is 0 Å². The molecule has 0 heterocycles. The number of hydrogen-bond acceptors (Lipinski definition) is 3. The lowest BCUT2D eigenvalue weighted by Crippen LogP contribution is -2.34. The Labute approximate surface area is 116 Å². The topological polar surface area (TPSA) is 49.7 Å². The first-order valence-electron chi connectivity index (χ1n) is 7.11. The van der Waals surface area contributed by atoms with E-state index in [1.54, 1.807) is 6.92 Å². The molecule has 0 aliphatic rings. The Morgan fingerprint density at radius 1 is 1.16 bits per heavy atom. The van der Waals surface area contributed by atoms with Crippen molar-refractivity contribution in [1.82, 2.24) is 0 Å². The van der Waals surface area contributed by atoms with E-state index in [4.69, 9.17) is 4.74 Å². The summed E-state index contributed by atoms with van der Waals surface area (Å²) in [5.74, 6) is 0.779. The van der Waals surface area contributed by atoms with Crippen LogP contribution in [0.1, 0.15) is 45.6 Å². The van der Waals surface area contributed by atoms with Crippen LogP contribution in [-0.4, -0.2) is 28.5 Å². The van der Waals surface area contributed by atoms with Gasteiger partial charge in [-0.25, -0.2) is 0 Å². The molecule has 1 aromatic rings. The van der Waals surface area contributed by atoms with Crippen molar-refractivity contribution in [2.45, 2.75) is 58.2 Å². The highest BCUT2D eigenvalue weighted by Crippen LogP contribution is 2.19. The van der Waals surface area contributed by atoms with Crippen LogP contribution in [0.3, 0.4) is 0 Å². The molecule has 0 amide bonds. The SMILES string of the molecule is CCC(O)(CC)COc1ccc(CCC(C)O)cc1. The number of aliphatic hydroxyl groups excluding tert-OH is 1. The van der Waals surface area contributed by atoms with Crippen molar-refractivity contribution in [3.63, 3.8) is 0 Å². The van der Waals surface area contributed by atoms with Gasteiger partial charge in [0.1, 0.15) is 12.4 Å². The number of rotatable bonds is 8. The molecule has 0 spiro atoms. The lowest BCUT2D eigenvalue weighted by Gasteiger charge is -2.25. The largest absolute Gasteiger partial charge is 0.491 e. The number of hydrogen-bond donors (Lipinski definition) is 2. The minimum absolute atomic E-state index is 0.264. The van der Waals surface area contributed by atoms with Crippen LogP contribution in [-0.2, 0) is 6.42 Å². The van der Waals surface area contributed by atoms with E-state index in [-0.39, 0.29) is 6.10 Å². The van der Waals surface area contributed by atoms with Crippen molar-refractivity contribution in [3.05, 3.63) is 29.8 Å². The molecule has 0 saturated heterocycles. The zero-order valence-electron chi connectivity index (χ0n) is 12.2. The summed E-state index contributed by atoms with van der Waals surface area (Å²) in [4.78, 5) is 0. The van der Waals surface area contributed by atoms with Crippen molar-refractivity contribution in [2.75, 3.05) is 6.61 Å². The summed E-state index contributed by atoms with van der Waals surface area (Å²) in [5, 5.41) is 19.4. The fraction of sp³-hybridized carbons (Fsp3) is 0.625. The molecule has 1 unspecified atom stereocenters. The third-order valence-corrected chi connectivity index (χ3v) is 3.60. The van der Waals surface area contributed by atoms with Gasteiger partial charge in [0.25, 0.3) is 0 Å². The van der Waals surface area contributed by atoms with Crippen LogP contribution < -0.4 is 4.74 Å². The lowest BCUT2D eigenvalue weighted by molar-refractivity contribution is -0.0113. The molecule has 0 aromatic heterocycles. The molecule has 1 rings (SSSR count). The fourth-order valence-electron chi connectivity index (χ4n) is 1.80. The van der Waals surface area contributed by atoms with Gasteiger partial charge >= 0.3 is 0 Å². The lowest BCUT2D eigenvalue weighted by atomic mass is 9.99. The van der Waals surface area contributed by atoms with Crippen molar-refractivity contribution >= 4 is 0 Å². The highest BCUT2D eigenvalue weighted by molar-refractivity contribution is 5.27. The Hall–Kier alpha value is -1.06. The van der Waals surface area contributed by atoms with Crippen LogP contribution in [0.15, 0.2) is 24.3 Å². The molecular weight excluding hydrogens is 240 g/mol. The maximum Gasteiger partial charge on any atom is 0.119 e. The van der Waals surface area contributed by atoms with Crippen LogP contribution in [0.25, 0.3) is 0 Å². The molecule has 0 aliphatic heterocycles. The van der Waals surface area contributed by atoms with Gasteiger partial charge < -0.3 is 14.9 Å². The molecule has 19 heavy (non-hydrogen) atoms. The Morgan fingerprint density at radius 2 is 1.74 bits per heavy atom. The van der Waals surface area contributed by atoms with E-state index in [2.05, 4.69) is 0 Å². The predicted octanol–water partition coefficient (Wildman–Crippen LogP) is 2.93. The summed E-state index contributed by atoms with van der Waals surface area (Å²) in [6.07, 6.45) is 2.75. The van der Waals surface area contributed by atoms with Crippen LogP contribution in [0.5, 0.6) is 5.75 Å². The highest BCUT2D eigenvalue weighted by Gasteiger charge is 2.22. The average molecular weight is 266 g/mol. The second-order valence-electron chi connectivity index (χ2n) is 5.25. The Kier molecular flexibility index (Phi) is 6.32. The van der Waals surface area contributed by atoms with Gasteiger partial charge in [-0.1, -0.05) is 26.0 Å². The third kappa shape index (κ3) is 5.62. The van der Waals surface area contributed by atoms with E-state index in [9.17, 15) is 10.2 Å². The van der Waals surface area contributed by atoms with Crippen molar-refractivity contribution in [3.8, 4) is 5.75 Å². The van der Waals surface area contributed by atoms with Gasteiger partial charge in [0.2, 0.25) is 0 Å². The van der Waals surface area contributed by atoms with Crippen molar-refractivity contribution in [2.24, 2.45) is 0 Å². The van der Waals surface area contributed by atoms with Gasteiger partial charge in [0.05, 0.1) is 11.7 Å². The van der Waals surface area contributed by atoms with E-state index in [1.165, 1.54) is 5.56 Å². The molecule has 0 aliphatic carbocycles. The quantitative estimate of drug-likeness (QED) is 0.760.